The largest absolute Gasteiger partial charge is 0.316 e. The van der Waals surface area contributed by atoms with Gasteiger partial charge < -0.3 is 4.57 Å². The van der Waals surface area contributed by atoms with E-state index in [-0.39, 0.29) is 5.54 Å². The van der Waals surface area contributed by atoms with Crippen LogP contribution in [-0.2, 0) is 5.41 Å². The van der Waals surface area contributed by atoms with E-state index in [2.05, 4.69) is 324 Å². The molecule has 5 rings (SSSR count). The van der Waals surface area contributed by atoms with Crippen molar-refractivity contribution >= 4 is 13.8 Å². The molecular formula is C73H43NSi. The molecule has 0 saturated heterocycles. The molecule has 0 aliphatic heterocycles. The number of allylic oxidation sites excluding steroid dienone is 4. The Morgan fingerprint density at radius 2 is 0.853 bits per heavy atom. The van der Waals surface area contributed by atoms with Crippen LogP contribution in [0.4, 0.5) is 0 Å². The van der Waals surface area contributed by atoms with E-state index in [1.165, 1.54) is 37.7 Å². The zero-order chi connectivity index (χ0) is 53.5. The second-order valence-corrected chi connectivity index (χ2v) is 22.7. The summed E-state index contributed by atoms with van der Waals surface area (Å²) >= 11 is 0. The van der Waals surface area contributed by atoms with Crippen molar-refractivity contribution in [3.05, 3.63) is 53.1 Å². The summed E-state index contributed by atoms with van der Waals surface area (Å²) in [6, 6.07) is 9.07. The van der Waals surface area contributed by atoms with Gasteiger partial charge in [0, 0.05) is 58.9 Å². The van der Waals surface area contributed by atoms with Gasteiger partial charge in [-0.25, -0.2) is 0 Å². The first kappa shape index (κ1) is 55.1. The molecule has 75 heavy (non-hydrogen) atoms. The molecule has 4 aliphatic rings. The van der Waals surface area contributed by atoms with E-state index in [4.69, 9.17) is 12.8 Å². The molecule has 0 heterocycles. The van der Waals surface area contributed by atoms with Crippen molar-refractivity contribution in [2.75, 3.05) is 0 Å². The zero-order valence-corrected chi connectivity index (χ0v) is 43.7. The second-order valence-electron chi connectivity index (χ2n) is 18.2. The highest BCUT2D eigenvalue weighted by molar-refractivity contribution is 6.76. The molecule has 2 heteroatoms. The summed E-state index contributed by atoms with van der Waals surface area (Å²) in [7, 11) is -2.03. The molecule has 2 fully saturated rings. The lowest BCUT2D eigenvalue weighted by Gasteiger charge is -2.55. The topological polar surface area (TPSA) is 3.24 Å². The van der Waals surface area contributed by atoms with Gasteiger partial charge >= 0.3 is 0 Å². The van der Waals surface area contributed by atoms with E-state index < -0.39 is 13.7 Å². The average Bonchev–Trinajstić information content (AvgIpc) is 3.92. The molecule has 0 aromatic heterocycles. The second kappa shape index (κ2) is 29.4. The molecule has 1 nitrogen and oxygen atoms in total. The van der Waals surface area contributed by atoms with Crippen molar-refractivity contribution in [1.29, 1.82) is 0 Å². The van der Waals surface area contributed by atoms with Crippen molar-refractivity contribution in [3.8, 4) is 262 Å². The van der Waals surface area contributed by atoms with Crippen molar-refractivity contribution in [1.82, 2.24) is 4.57 Å². The Morgan fingerprint density at radius 3 is 1.23 bits per heavy atom. The minimum atomic E-state index is -2.03. The van der Waals surface area contributed by atoms with Gasteiger partial charge in [0.2, 0.25) is 0 Å². The fourth-order valence-electron chi connectivity index (χ4n) is 10.4. The van der Waals surface area contributed by atoms with Crippen LogP contribution in [0, 0.1) is 279 Å². The SMILES string of the molecule is C#CC#CC#CC#CC#CC#CC#CC#CC#CC#CC#CC1(C#CC#CC#CC#CC#CC#CC#CC#CC#CC#CC#C)C2=CC3CC(C)C([Si](C)(C)N(C4CCCCC4)C(C)(C)C)C3C=C2c2ccccc21. The lowest BCUT2D eigenvalue weighted by atomic mass is 9.74. The van der Waals surface area contributed by atoms with Gasteiger partial charge in [-0.2, -0.15) is 0 Å². The summed E-state index contributed by atoms with van der Waals surface area (Å²) in [6.07, 6.45) is 22.8. The number of terminal acetylenes is 2. The monoisotopic (exact) mass is 961 g/mol. The number of fused-ring (bicyclic) bond motifs is 4. The van der Waals surface area contributed by atoms with E-state index in [0.717, 1.165) is 23.1 Å². The van der Waals surface area contributed by atoms with E-state index in [1.807, 2.05) is 6.07 Å². The Labute approximate surface area is 450 Å². The highest BCUT2D eigenvalue weighted by Gasteiger charge is 2.56. The maximum atomic E-state index is 5.02. The first-order chi connectivity index (χ1) is 36.6. The number of nitrogens with zero attached hydrogens (tertiary/aromatic N) is 1. The first-order valence-electron chi connectivity index (χ1n) is 23.9. The Kier molecular flexibility index (Phi) is 21.6. The number of benzene rings is 1. The molecule has 0 bridgehead atoms. The lowest BCUT2D eigenvalue weighted by Crippen LogP contribution is -2.65. The molecule has 4 unspecified atom stereocenters. The molecule has 344 valence electrons. The van der Waals surface area contributed by atoms with E-state index in [0.29, 0.717) is 29.3 Å². The van der Waals surface area contributed by atoms with Gasteiger partial charge in [0.25, 0.3) is 0 Å². The molecule has 1 aromatic carbocycles. The number of hydrogen-bond acceptors (Lipinski definition) is 1. The summed E-state index contributed by atoms with van der Waals surface area (Å²) in [4.78, 5) is 0. The number of rotatable bonds is 3. The van der Waals surface area contributed by atoms with Gasteiger partial charge in [-0.05, 0) is 275 Å². The van der Waals surface area contributed by atoms with Gasteiger partial charge in [0.05, 0.1) is 0 Å². The van der Waals surface area contributed by atoms with Crippen LogP contribution in [0.2, 0.25) is 18.6 Å². The Balaban J connectivity index is 1.44. The van der Waals surface area contributed by atoms with E-state index in [1.54, 1.807) is 0 Å². The van der Waals surface area contributed by atoms with Gasteiger partial charge in [-0.15, -0.1) is 12.8 Å². The minimum absolute atomic E-state index is 0.0786. The normalized spacial score (nSPS) is 16.1. The van der Waals surface area contributed by atoms with Crippen LogP contribution in [-0.4, -0.2) is 24.4 Å². The summed E-state index contributed by atoms with van der Waals surface area (Å²) in [5, 5.41) is 0. The molecule has 0 spiro atoms. The zero-order valence-electron chi connectivity index (χ0n) is 42.7. The molecule has 1 aromatic rings. The third kappa shape index (κ3) is 16.4. The Hall–Kier alpha value is -10.8. The van der Waals surface area contributed by atoms with Gasteiger partial charge in [-0.1, -0.05) is 87.5 Å². The van der Waals surface area contributed by atoms with Crippen molar-refractivity contribution in [3.63, 3.8) is 0 Å². The summed E-state index contributed by atoms with van der Waals surface area (Å²) in [5.74, 6) is 113. The Bertz CT molecular complexity index is 3860. The summed E-state index contributed by atoms with van der Waals surface area (Å²) < 4.78 is 3.03. The van der Waals surface area contributed by atoms with Gasteiger partial charge in [0.15, 0.2) is 0 Å². The standard InChI is InChI=1S/C73H43NSi/c1-9-11-13-15-17-19-21-23-25-27-29-31-33-35-37-39-41-43-45-52-58-73(59-53-46-44-42-40-38-36-34-32-30-28-26-24-22-20-18-16-14-12-10-2)69-57-51-50-56-66(69)68-62-67-64(61-70(68)73)60-63(3)71(67)75(7,8)74(72(4,5)6)65-54-48-47-49-55-65/h1-2,50-51,56-57,61-65,67,71H,47-49,54-55,60H2,3-8H3. The fraction of sp³-hybridized carbons (Fsp3) is 0.260. The molecule has 0 N–H and O–H groups in total. The van der Waals surface area contributed by atoms with Crippen LogP contribution >= 0.6 is 0 Å². The Morgan fingerprint density at radius 1 is 0.493 bits per heavy atom. The fourth-order valence-corrected chi connectivity index (χ4v) is 16.4. The molecule has 4 atom stereocenters. The quantitative estimate of drug-likeness (QED) is 0.221. The van der Waals surface area contributed by atoms with Crippen LogP contribution in [0.25, 0.3) is 5.57 Å². The van der Waals surface area contributed by atoms with Crippen LogP contribution in [0.1, 0.15) is 77.3 Å². The highest BCUT2D eigenvalue weighted by atomic mass is 28.3. The van der Waals surface area contributed by atoms with Crippen LogP contribution in [0.3, 0.4) is 0 Å². The van der Waals surface area contributed by atoms with Crippen LogP contribution < -0.4 is 0 Å². The van der Waals surface area contributed by atoms with Gasteiger partial charge in [-0.3, -0.25) is 0 Å². The van der Waals surface area contributed by atoms with E-state index in [9.17, 15) is 0 Å². The lowest BCUT2D eigenvalue weighted by molar-refractivity contribution is 0.139. The van der Waals surface area contributed by atoms with Gasteiger partial charge in [0.1, 0.15) is 13.7 Å². The molecule has 0 amide bonds. The summed E-state index contributed by atoms with van der Waals surface area (Å²) in [5.41, 5.74) is 4.08. The molecule has 0 radical (unpaired) electrons. The number of hydrogen-bond donors (Lipinski definition) is 0. The van der Waals surface area contributed by atoms with Crippen LogP contribution in [0.5, 0.6) is 0 Å². The molecular weight excluding hydrogens is 919 g/mol. The third-order valence-corrected chi connectivity index (χ3v) is 17.1. The van der Waals surface area contributed by atoms with E-state index >= 15 is 0 Å². The van der Waals surface area contributed by atoms with Crippen molar-refractivity contribution < 1.29 is 0 Å². The maximum absolute atomic E-state index is 5.02. The van der Waals surface area contributed by atoms with Crippen LogP contribution in [0.15, 0.2) is 42.0 Å². The average molecular weight is 962 g/mol. The van der Waals surface area contributed by atoms with Crippen molar-refractivity contribution in [2.24, 2.45) is 17.8 Å². The first-order valence-corrected chi connectivity index (χ1v) is 26.9. The summed E-state index contributed by atoms with van der Waals surface area (Å²) in [6.45, 7) is 15.1. The highest BCUT2D eigenvalue weighted by Crippen LogP contribution is 2.61. The third-order valence-electron chi connectivity index (χ3n) is 12.2. The van der Waals surface area contributed by atoms with Crippen molar-refractivity contribution in [2.45, 2.75) is 102 Å². The molecule has 2 saturated carbocycles. The molecule has 4 aliphatic carbocycles. The maximum Gasteiger partial charge on any atom is 0.144 e. The smallest absolute Gasteiger partial charge is 0.144 e. The predicted octanol–water partition coefficient (Wildman–Crippen LogP) is 7.88. The predicted molar refractivity (Wildman–Crippen MR) is 308 cm³/mol. The minimum Gasteiger partial charge on any atom is -0.316 e.